The molecular formula is C43H56N4O7S3. The van der Waals surface area contributed by atoms with Crippen molar-refractivity contribution < 1.29 is 34.4 Å². The molecule has 3 aromatic carbocycles. The Bertz CT molecular complexity index is 1770. The molecule has 0 bridgehead atoms. The molecule has 2 aliphatic rings. The number of likely N-dealkylation sites (tertiary alicyclic amines) is 1. The summed E-state index contributed by atoms with van der Waals surface area (Å²) < 4.78 is 0. The molecule has 1 saturated carbocycles. The molecule has 5 rings (SSSR count). The minimum Gasteiger partial charge on any atom is -0.477 e. The van der Waals surface area contributed by atoms with Gasteiger partial charge < -0.3 is 24.9 Å². The van der Waals surface area contributed by atoms with Crippen LogP contribution in [0.3, 0.4) is 0 Å². The number of carbonyl (C=O) groups is 3. The van der Waals surface area contributed by atoms with Crippen molar-refractivity contribution in [3.8, 4) is 0 Å². The normalized spacial score (nSPS) is 15.0. The number of ketones is 1. The van der Waals surface area contributed by atoms with Crippen LogP contribution in [-0.4, -0.2) is 94.6 Å². The summed E-state index contributed by atoms with van der Waals surface area (Å²) in [4.78, 5) is 49.9. The van der Waals surface area contributed by atoms with Crippen LogP contribution in [0.1, 0.15) is 68.1 Å². The molecule has 2 N–H and O–H groups in total. The fourth-order valence-corrected chi connectivity index (χ4v) is 8.31. The first-order valence-electron chi connectivity index (χ1n) is 19.1. The molecule has 11 nitrogen and oxygen atoms in total. The van der Waals surface area contributed by atoms with Gasteiger partial charge in [0.05, 0.1) is 5.75 Å². The predicted octanol–water partition coefficient (Wildman–Crippen LogP) is 9.34. The first-order chi connectivity index (χ1) is 27.5. The zero-order chi connectivity index (χ0) is 41.4. The highest BCUT2D eigenvalue weighted by Crippen LogP contribution is 2.27. The molecule has 1 aliphatic carbocycles. The van der Waals surface area contributed by atoms with Crippen LogP contribution in [0.4, 0.5) is 0 Å². The van der Waals surface area contributed by atoms with Gasteiger partial charge in [-0.25, -0.2) is 4.79 Å². The summed E-state index contributed by atoms with van der Waals surface area (Å²) in [7, 11) is 2.82. The first kappa shape index (κ1) is 47.1. The van der Waals surface area contributed by atoms with Gasteiger partial charge in [-0.1, -0.05) is 87.8 Å². The van der Waals surface area contributed by atoms with Crippen LogP contribution in [0.2, 0.25) is 0 Å². The van der Waals surface area contributed by atoms with E-state index in [0.29, 0.717) is 22.9 Å². The van der Waals surface area contributed by atoms with Crippen LogP contribution >= 0.6 is 35.3 Å². The number of carboxylic acid groups (broad SMARTS) is 1. The van der Waals surface area contributed by atoms with Crippen molar-refractivity contribution in [3.63, 3.8) is 0 Å². The summed E-state index contributed by atoms with van der Waals surface area (Å²) in [6.45, 7) is 7.77. The summed E-state index contributed by atoms with van der Waals surface area (Å²) in [5.41, 5.74) is 4.42. The number of carboxylic acids is 1. The van der Waals surface area contributed by atoms with Crippen molar-refractivity contribution in [2.45, 2.75) is 86.8 Å². The van der Waals surface area contributed by atoms with E-state index >= 15 is 0 Å². The molecule has 308 valence electrons. The van der Waals surface area contributed by atoms with Gasteiger partial charge in [-0.2, -0.15) is 0 Å². The number of nitrogens with zero attached hydrogens (tertiary/aromatic N) is 4. The van der Waals surface area contributed by atoms with E-state index in [0.717, 1.165) is 66.3 Å². The molecule has 1 saturated heterocycles. The Morgan fingerprint density at radius 1 is 0.614 bits per heavy atom. The van der Waals surface area contributed by atoms with Gasteiger partial charge in [0, 0.05) is 45.2 Å². The van der Waals surface area contributed by atoms with Crippen molar-refractivity contribution in [2.24, 2.45) is 21.4 Å². The number of benzene rings is 3. The van der Waals surface area contributed by atoms with Gasteiger partial charge in [-0.15, -0.1) is 35.3 Å². The molecule has 1 heterocycles. The predicted molar refractivity (Wildman–Crippen MR) is 233 cm³/mol. The van der Waals surface area contributed by atoms with Gasteiger partial charge in [-0.3, -0.25) is 9.59 Å². The molecule has 1 aliphatic heterocycles. The highest BCUT2D eigenvalue weighted by Gasteiger charge is 2.26. The summed E-state index contributed by atoms with van der Waals surface area (Å²) in [6.07, 6.45) is 8.68. The topological polar surface area (TPSA) is 150 Å². The van der Waals surface area contributed by atoms with E-state index in [2.05, 4.69) is 51.5 Å². The molecule has 57 heavy (non-hydrogen) atoms. The number of Topliss-reactive ketones (excluding diaryl/α,β-unsaturated/α-hetero) is 1. The summed E-state index contributed by atoms with van der Waals surface area (Å²) in [5.74, 6) is 0.311. The Balaban J connectivity index is 0.000000231. The molecule has 0 atom stereocenters. The second-order valence-electron chi connectivity index (χ2n) is 13.7. The van der Waals surface area contributed by atoms with Gasteiger partial charge >= 0.3 is 5.97 Å². The number of rotatable bonds is 15. The lowest BCUT2D eigenvalue weighted by atomic mass is 9.85. The standard InChI is InChI=1S/C16H22N2O2S.C16H21NO2S.C11H13NO3S/c1-13-6-8-14(9-7-13)21-12-15(17-20-2)16(19)18-10-4-3-5-11-18;1-12-7-9-14(10-8-12)20-11-15(17-19)16(18)13-5-3-2-4-6-13;1-8-3-5-9(6-4-8)16-7-10(11(13)14)12-15-2/h6-9H,3-5,10-12H2,1-2H3;7-10,13,19H,2-6,11H2,1H3;3-6H,7H2,1-2H3,(H,13,14)/b2*17-15-;12-10-. The van der Waals surface area contributed by atoms with Crippen molar-refractivity contribution in [1.82, 2.24) is 4.90 Å². The molecule has 2 fully saturated rings. The lowest BCUT2D eigenvalue weighted by Crippen LogP contribution is -2.40. The summed E-state index contributed by atoms with van der Waals surface area (Å²) in [6, 6.07) is 24.3. The van der Waals surface area contributed by atoms with E-state index in [1.54, 1.807) is 23.5 Å². The third-order valence-electron chi connectivity index (χ3n) is 9.11. The minimum atomic E-state index is -1.05. The fraction of sp³-hybridized carbons (Fsp3) is 0.442. The Morgan fingerprint density at radius 3 is 1.40 bits per heavy atom. The van der Waals surface area contributed by atoms with Gasteiger partial charge in [-0.05, 0) is 89.3 Å². The van der Waals surface area contributed by atoms with Crippen LogP contribution in [0, 0.1) is 26.7 Å². The number of hydrogen-bond donors (Lipinski definition) is 2. The number of aliphatic carboxylic acids is 1. The largest absolute Gasteiger partial charge is 0.477 e. The van der Waals surface area contributed by atoms with Gasteiger partial charge in [0.15, 0.2) is 17.2 Å². The quantitative estimate of drug-likeness (QED) is 0.0656. The van der Waals surface area contributed by atoms with Crippen LogP contribution in [0.25, 0.3) is 0 Å². The summed E-state index contributed by atoms with van der Waals surface area (Å²) in [5, 5.41) is 28.5. The average molecular weight is 837 g/mol. The SMILES string of the molecule is CO/N=C(/CSc1ccc(C)cc1)C(=O)N1CCCCC1.CO/N=C(/CSc1ccc(C)cc1)C(=O)O.Cc1ccc(SC/C(=N/O)C(=O)C2CCCCC2)cc1. The number of hydrogen-bond acceptors (Lipinski definition) is 12. The number of carbonyl (C=O) groups excluding carboxylic acids is 2. The molecule has 0 radical (unpaired) electrons. The zero-order valence-corrected chi connectivity index (χ0v) is 36.1. The fourth-order valence-electron chi connectivity index (χ4n) is 5.86. The molecule has 14 heteroatoms. The number of oxime groups is 3. The van der Waals surface area contributed by atoms with Crippen LogP contribution in [0.15, 0.2) is 103 Å². The van der Waals surface area contributed by atoms with E-state index < -0.39 is 5.97 Å². The van der Waals surface area contributed by atoms with Crippen molar-refractivity contribution in [3.05, 3.63) is 89.5 Å². The summed E-state index contributed by atoms with van der Waals surface area (Å²) >= 11 is 4.57. The minimum absolute atomic E-state index is 0.00748. The second kappa shape index (κ2) is 26.6. The molecular weight excluding hydrogens is 781 g/mol. The Morgan fingerprint density at radius 2 is 1.00 bits per heavy atom. The maximum atomic E-state index is 12.5. The highest BCUT2D eigenvalue weighted by atomic mass is 32.2. The lowest BCUT2D eigenvalue weighted by molar-refractivity contribution is -0.129. The van der Waals surface area contributed by atoms with Gasteiger partial charge in [0.25, 0.3) is 5.91 Å². The number of amides is 1. The number of aryl methyl sites for hydroxylation is 3. The lowest BCUT2D eigenvalue weighted by Gasteiger charge is -2.26. The van der Waals surface area contributed by atoms with Crippen molar-refractivity contribution >= 4 is 70.1 Å². The third-order valence-corrected chi connectivity index (χ3v) is 12.2. The molecule has 3 aromatic rings. The van der Waals surface area contributed by atoms with Crippen LogP contribution in [-0.2, 0) is 24.1 Å². The number of piperidine rings is 1. The van der Waals surface area contributed by atoms with E-state index in [1.807, 2.05) is 67.3 Å². The third kappa shape index (κ3) is 17.8. The Labute approximate surface area is 350 Å². The maximum Gasteiger partial charge on any atom is 0.354 e. The Hall–Kier alpha value is -4.27. The second-order valence-corrected chi connectivity index (χ2v) is 16.8. The van der Waals surface area contributed by atoms with E-state index in [9.17, 15) is 14.4 Å². The van der Waals surface area contributed by atoms with Crippen LogP contribution < -0.4 is 0 Å². The number of thioether (sulfide) groups is 3. The molecule has 0 aromatic heterocycles. The zero-order valence-electron chi connectivity index (χ0n) is 33.6. The van der Waals surface area contributed by atoms with Crippen LogP contribution in [0.5, 0.6) is 0 Å². The molecule has 0 unspecified atom stereocenters. The molecule has 1 amide bonds. The van der Waals surface area contributed by atoms with Crippen molar-refractivity contribution in [1.29, 1.82) is 0 Å². The highest BCUT2D eigenvalue weighted by molar-refractivity contribution is 8.00. The van der Waals surface area contributed by atoms with Gasteiger partial charge in [0.1, 0.15) is 19.9 Å². The van der Waals surface area contributed by atoms with E-state index in [4.69, 9.17) is 15.2 Å². The van der Waals surface area contributed by atoms with Crippen molar-refractivity contribution in [2.75, 3.05) is 44.6 Å². The molecule has 0 spiro atoms. The monoisotopic (exact) mass is 836 g/mol. The maximum absolute atomic E-state index is 12.5. The Kier molecular flexibility index (Phi) is 22.0. The average Bonchev–Trinajstić information content (AvgIpc) is 3.23. The van der Waals surface area contributed by atoms with Gasteiger partial charge in [0.2, 0.25) is 0 Å². The first-order valence-corrected chi connectivity index (χ1v) is 22.1. The van der Waals surface area contributed by atoms with E-state index in [-0.39, 0.29) is 29.1 Å². The smallest absolute Gasteiger partial charge is 0.354 e. The van der Waals surface area contributed by atoms with E-state index in [1.165, 1.54) is 55.5 Å².